The monoisotopic (exact) mass is 419 g/mol. The molecule has 126 valence electrons. The molecule has 1 amide bonds. The topological polar surface area (TPSA) is 90.5 Å². The Morgan fingerprint density at radius 1 is 1.32 bits per heavy atom. The van der Waals surface area contributed by atoms with Gasteiger partial charge < -0.3 is 5.11 Å². The molecule has 1 aromatic heterocycles. The molecular weight excluding hydrogens is 408 g/mol. The Morgan fingerprint density at radius 2 is 2.08 bits per heavy atom. The third-order valence-corrected chi connectivity index (χ3v) is 5.72. The van der Waals surface area contributed by atoms with Crippen molar-refractivity contribution in [1.29, 1.82) is 0 Å². The van der Waals surface area contributed by atoms with Crippen molar-refractivity contribution in [1.82, 2.24) is 4.98 Å². The summed E-state index contributed by atoms with van der Waals surface area (Å²) in [5, 5.41) is 21.3. The highest BCUT2D eigenvalue weighted by Gasteiger charge is 2.52. The zero-order valence-corrected chi connectivity index (χ0v) is 15.4. The minimum absolute atomic E-state index is 0.0535. The Balaban J connectivity index is 1.87. The van der Waals surface area contributed by atoms with E-state index in [1.807, 2.05) is 24.3 Å². The molecule has 2 heterocycles. The van der Waals surface area contributed by atoms with E-state index in [1.54, 1.807) is 6.92 Å². The fourth-order valence-electron chi connectivity index (χ4n) is 3.14. The lowest BCUT2D eigenvalue weighted by Crippen LogP contribution is -2.26. The van der Waals surface area contributed by atoms with E-state index in [0.717, 1.165) is 10.0 Å². The van der Waals surface area contributed by atoms with Gasteiger partial charge in [0.1, 0.15) is 11.1 Å². The first kappa shape index (κ1) is 16.3. The molecule has 1 aliphatic heterocycles. The number of ketones is 1. The summed E-state index contributed by atoms with van der Waals surface area (Å²) in [4.78, 5) is 29.9. The quantitative estimate of drug-likeness (QED) is 0.442. The number of halogens is 1. The van der Waals surface area contributed by atoms with E-state index >= 15 is 0 Å². The Hall–Kier alpha value is -2.16. The molecule has 6 nitrogen and oxygen atoms in total. The highest BCUT2D eigenvalue weighted by atomic mass is 79.9. The number of hydrogen-bond acceptors (Lipinski definition) is 6. The number of fused-ring (bicyclic) bond motifs is 2. The van der Waals surface area contributed by atoms with Crippen LogP contribution in [-0.4, -0.2) is 37.4 Å². The SMILES string of the molecule is Cc1nc2c(s1)C(O)C(=O)C1=C2C(=O)[N+](O)=C1Cc1cccc(Br)c1. The maximum atomic E-state index is 12.7. The molecule has 2 N–H and O–H groups in total. The van der Waals surface area contributed by atoms with Gasteiger partial charge in [0, 0.05) is 4.47 Å². The van der Waals surface area contributed by atoms with Crippen molar-refractivity contribution in [2.45, 2.75) is 19.4 Å². The molecule has 1 aromatic carbocycles. The number of benzene rings is 1. The highest BCUT2D eigenvalue weighted by Crippen LogP contribution is 2.41. The number of aliphatic hydroxyl groups excluding tert-OH is 1. The Morgan fingerprint density at radius 3 is 2.80 bits per heavy atom. The van der Waals surface area contributed by atoms with Crippen molar-refractivity contribution in [2.75, 3.05) is 0 Å². The number of aromatic nitrogens is 1. The second-order valence-corrected chi connectivity index (χ2v) is 7.98. The Labute approximate surface area is 154 Å². The molecule has 1 unspecified atom stereocenters. The van der Waals surface area contributed by atoms with Gasteiger partial charge in [0.25, 0.3) is 5.71 Å². The second-order valence-electron chi connectivity index (χ2n) is 5.83. The van der Waals surface area contributed by atoms with Crippen LogP contribution in [0.2, 0.25) is 0 Å². The summed E-state index contributed by atoms with van der Waals surface area (Å²) < 4.78 is 1.35. The standard InChI is InChI=1S/C17H12BrN2O4S/c1-7-19-13-12-11(14(21)15(22)16(13)25-7)10(20(24)17(12)23)6-8-3-2-4-9(18)5-8/h2-5,15,22H,6H2,1H3,(H,23,24)/q+1. The van der Waals surface area contributed by atoms with Crippen molar-refractivity contribution in [2.24, 2.45) is 0 Å². The number of carbonyl (C=O) groups excluding carboxylic acids is 2. The number of hydroxylamine groups is 1. The number of thiazole rings is 1. The van der Waals surface area contributed by atoms with Gasteiger partial charge in [0.05, 0.1) is 26.7 Å². The van der Waals surface area contributed by atoms with Crippen LogP contribution in [0.5, 0.6) is 0 Å². The third kappa shape index (κ3) is 2.40. The zero-order chi connectivity index (χ0) is 17.9. The van der Waals surface area contributed by atoms with E-state index in [2.05, 4.69) is 20.9 Å². The van der Waals surface area contributed by atoms with Crippen LogP contribution in [0.4, 0.5) is 0 Å². The number of amides is 1. The number of hydrogen-bond donors (Lipinski definition) is 2. The lowest BCUT2D eigenvalue weighted by Gasteiger charge is -2.15. The maximum absolute atomic E-state index is 12.7. The smallest absolute Gasteiger partial charge is 0.379 e. The van der Waals surface area contributed by atoms with E-state index in [4.69, 9.17) is 0 Å². The lowest BCUT2D eigenvalue weighted by molar-refractivity contribution is -0.700. The number of aliphatic hydroxyl groups is 1. The van der Waals surface area contributed by atoms with Crippen LogP contribution < -0.4 is 0 Å². The molecule has 2 aliphatic rings. The van der Waals surface area contributed by atoms with E-state index in [-0.39, 0.29) is 29.0 Å². The van der Waals surface area contributed by atoms with E-state index < -0.39 is 17.8 Å². The molecule has 1 atom stereocenters. The van der Waals surface area contributed by atoms with Crippen LogP contribution in [0.15, 0.2) is 34.3 Å². The zero-order valence-electron chi connectivity index (χ0n) is 13.0. The predicted octanol–water partition coefficient (Wildman–Crippen LogP) is 2.21. The molecule has 0 saturated heterocycles. The fraction of sp³-hybridized carbons (Fsp3) is 0.176. The summed E-state index contributed by atoms with van der Waals surface area (Å²) in [6, 6.07) is 7.35. The largest absolute Gasteiger partial charge is 0.469 e. The molecule has 0 bridgehead atoms. The minimum Gasteiger partial charge on any atom is -0.379 e. The van der Waals surface area contributed by atoms with Crippen LogP contribution in [-0.2, 0) is 16.0 Å². The van der Waals surface area contributed by atoms with Gasteiger partial charge in [0.2, 0.25) is 5.78 Å². The predicted molar refractivity (Wildman–Crippen MR) is 93.6 cm³/mol. The molecule has 25 heavy (non-hydrogen) atoms. The first-order valence-corrected chi connectivity index (χ1v) is 9.07. The van der Waals surface area contributed by atoms with Crippen LogP contribution in [0.3, 0.4) is 0 Å². The van der Waals surface area contributed by atoms with Gasteiger partial charge in [-0.25, -0.2) is 9.78 Å². The van der Waals surface area contributed by atoms with Crippen molar-refractivity contribution in [3.05, 3.63) is 55.5 Å². The molecule has 2 aromatic rings. The van der Waals surface area contributed by atoms with Crippen LogP contribution in [0.1, 0.15) is 27.2 Å². The number of rotatable bonds is 2. The first-order valence-electron chi connectivity index (χ1n) is 7.46. The fourth-order valence-corrected chi connectivity index (χ4v) is 4.50. The molecule has 8 heteroatoms. The molecular formula is C17H12BrN2O4S+. The molecule has 0 fully saturated rings. The summed E-state index contributed by atoms with van der Waals surface area (Å²) in [7, 11) is 0. The lowest BCUT2D eigenvalue weighted by atomic mass is 9.87. The summed E-state index contributed by atoms with van der Waals surface area (Å²) in [6.45, 7) is 1.74. The van der Waals surface area contributed by atoms with Crippen LogP contribution in [0.25, 0.3) is 5.57 Å². The maximum Gasteiger partial charge on any atom is 0.469 e. The number of Topliss-reactive ketones (excluding diaryl/α,β-unsaturated/α-hetero) is 1. The molecule has 0 spiro atoms. The molecule has 4 rings (SSSR count). The average Bonchev–Trinajstić information content (AvgIpc) is 3.06. The summed E-state index contributed by atoms with van der Waals surface area (Å²) in [5.74, 6) is -1.27. The summed E-state index contributed by atoms with van der Waals surface area (Å²) >= 11 is 4.55. The van der Waals surface area contributed by atoms with Gasteiger partial charge in [-0.1, -0.05) is 28.1 Å². The van der Waals surface area contributed by atoms with Gasteiger partial charge >= 0.3 is 5.91 Å². The van der Waals surface area contributed by atoms with Crippen molar-refractivity contribution in [3.8, 4) is 0 Å². The normalized spacial score (nSPS) is 19.6. The van der Waals surface area contributed by atoms with Gasteiger partial charge in [-0.2, -0.15) is 0 Å². The van der Waals surface area contributed by atoms with Gasteiger partial charge in [-0.05, 0) is 24.6 Å². The molecule has 1 aliphatic carbocycles. The summed E-state index contributed by atoms with van der Waals surface area (Å²) in [6.07, 6.45) is -1.19. The van der Waals surface area contributed by atoms with Crippen molar-refractivity contribution in [3.63, 3.8) is 0 Å². The third-order valence-electron chi connectivity index (χ3n) is 4.20. The van der Waals surface area contributed by atoms with Gasteiger partial charge in [-0.3, -0.25) is 10.0 Å². The second kappa shape index (κ2) is 5.69. The van der Waals surface area contributed by atoms with Crippen LogP contribution in [0, 0.1) is 6.92 Å². The molecule has 0 radical (unpaired) electrons. The Bertz CT molecular complexity index is 1020. The van der Waals surface area contributed by atoms with Gasteiger partial charge in [-0.15, -0.1) is 11.3 Å². The first-order chi connectivity index (χ1) is 11.9. The highest BCUT2D eigenvalue weighted by molar-refractivity contribution is 9.10. The van der Waals surface area contributed by atoms with E-state index in [0.29, 0.717) is 14.6 Å². The Kier molecular flexibility index (Phi) is 3.71. The molecule has 0 saturated carbocycles. The number of nitrogens with zero attached hydrogens (tertiary/aromatic N) is 2. The number of carbonyl (C=O) groups is 2. The van der Waals surface area contributed by atoms with Crippen LogP contribution >= 0.6 is 27.3 Å². The van der Waals surface area contributed by atoms with Gasteiger partial charge in [0.15, 0.2) is 6.10 Å². The minimum atomic E-state index is -1.36. The summed E-state index contributed by atoms with van der Waals surface area (Å²) in [5.41, 5.74) is 1.39. The van der Waals surface area contributed by atoms with Crippen molar-refractivity contribution < 1.29 is 24.6 Å². The number of aryl methyl sites for hydroxylation is 1. The van der Waals surface area contributed by atoms with Crippen molar-refractivity contribution >= 4 is 50.2 Å². The van der Waals surface area contributed by atoms with E-state index in [1.165, 1.54) is 11.3 Å². The average molecular weight is 420 g/mol. The van der Waals surface area contributed by atoms with E-state index in [9.17, 15) is 19.9 Å².